The Morgan fingerprint density at radius 2 is 1.87 bits per heavy atom. The van der Waals surface area contributed by atoms with Crippen molar-refractivity contribution in [3.8, 4) is 0 Å². The number of carbonyl (C=O) groups excluding carboxylic acids is 2. The van der Waals surface area contributed by atoms with Crippen LogP contribution in [0.25, 0.3) is 0 Å². The molecule has 1 aromatic heterocycles. The third kappa shape index (κ3) is 4.79. The second kappa shape index (κ2) is 8.57. The summed E-state index contributed by atoms with van der Waals surface area (Å²) in [4.78, 5) is 27.4. The highest BCUT2D eigenvalue weighted by molar-refractivity contribution is 5.98. The average molecular weight is 402 g/mol. The molecule has 1 fully saturated rings. The number of hydrogen-bond acceptors (Lipinski definition) is 3. The van der Waals surface area contributed by atoms with Gasteiger partial charge in [-0.25, -0.2) is 0 Å². The summed E-state index contributed by atoms with van der Waals surface area (Å²) >= 11 is 0. The van der Waals surface area contributed by atoms with E-state index in [1.807, 2.05) is 43.3 Å². The number of anilines is 1. The van der Waals surface area contributed by atoms with Gasteiger partial charge in [0.25, 0.3) is 5.91 Å². The van der Waals surface area contributed by atoms with Crippen LogP contribution in [0.1, 0.15) is 40.6 Å². The van der Waals surface area contributed by atoms with Crippen LogP contribution in [-0.2, 0) is 17.9 Å². The predicted molar refractivity (Wildman–Crippen MR) is 116 cm³/mol. The molecule has 0 radical (unpaired) electrons. The molecule has 0 unspecified atom stereocenters. The zero-order valence-electron chi connectivity index (χ0n) is 17.3. The molecule has 1 N–H and O–H groups in total. The van der Waals surface area contributed by atoms with Crippen LogP contribution in [0.15, 0.2) is 71.3 Å². The van der Waals surface area contributed by atoms with E-state index < -0.39 is 0 Å². The van der Waals surface area contributed by atoms with Crippen LogP contribution in [0.4, 0.5) is 5.69 Å². The standard InChI is InChI=1S/C25H26N2O3/c1-17-6-3-7-19(12-17)15-27(16-22-10-5-11-30-22)25(29)20-8-4-9-21(14-20)26-24(28)23-13-18(23)2/h3-12,14,18,23H,13,15-16H2,1-2H3,(H,26,28)/t18-,23-/m0/s1. The quantitative estimate of drug-likeness (QED) is 0.603. The van der Waals surface area contributed by atoms with Gasteiger partial charge in [-0.3, -0.25) is 9.59 Å². The molecule has 30 heavy (non-hydrogen) atoms. The van der Waals surface area contributed by atoms with E-state index >= 15 is 0 Å². The Kier molecular flexibility index (Phi) is 5.70. The average Bonchev–Trinajstić information content (AvgIpc) is 3.24. The topological polar surface area (TPSA) is 62.6 Å². The summed E-state index contributed by atoms with van der Waals surface area (Å²) in [5.41, 5.74) is 3.40. The Morgan fingerprint density at radius 3 is 2.57 bits per heavy atom. The number of nitrogens with zero attached hydrogens (tertiary/aromatic N) is 1. The van der Waals surface area contributed by atoms with Crippen LogP contribution in [0.2, 0.25) is 0 Å². The fourth-order valence-electron chi connectivity index (χ4n) is 3.66. The second-order valence-electron chi connectivity index (χ2n) is 8.12. The number of benzene rings is 2. The summed E-state index contributed by atoms with van der Waals surface area (Å²) in [5, 5.41) is 2.94. The van der Waals surface area contributed by atoms with Gasteiger partial charge in [-0.2, -0.15) is 0 Å². The molecular weight excluding hydrogens is 376 g/mol. The van der Waals surface area contributed by atoms with Crippen molar-refractivity contribution in [2.75, 3.05) is 5.32 Å². The Bertz CT molecular complexity index is 1040. The minimum atomic E-state index is -0.108. The summed E-state index contributed by atoms with van der Waals surface area (Å²) in [6.07, 6.45) is 2.54. The maximum absolute atomic E-state index is 13.4. The summed E-state index contributed by atoms with van der Waals surface area (Å²) < 4.78 is 5.48. The van der Waals surface area contributed by atoms with Crippen molar-refractivity contribution in [2.45, 2.75) is 33.4 Å². The number of aryl methyl sites for hydroxylation is 1. The van der Waals surface area contributed by atoms with E-state index in [0.29, 0.717) is 30.3 Å². The van der Waals surface area contributed by atoms with E-state index in [9.17, 15) is 9.59 Å². The van der Waals surface area contributed by atoms with E-state index in [1.165, 1.54) is 0 Å². The van der Waals surface area contributed by atoms with Gasteiger partial charge < -0.3 is 14.6 Å². The van der Waals surface area contributed by atoms with Gasteiger partial charge in [0, 0.05) is 23.7 Å². The number of hydrogen-bond donors (Lipinski definition) is 1. The molecule has 1 saturated carbocycles. The van der Waals surface area contributed by atoms with E-state index in [4.69, 9.17) is 4.42 Å². The van der Waals surface area contributed by atoms with Gasteiger partial charge >= 0.3 is 0 Å². The maximum atomic E-state index is 13.4. The van der Waals surface area contributed by atoms with E-state index in [0.717, 1.165) is 23.3 Å². The van der Waals surface area contributed by atoms with E-state index in [2.05, 4.69) is 18.3 Å². The summed E-state index contributed by atoms with van der Waals surface area (Å²) in [7, 11) is 0. The van der Waals surface area contributed by atoms with Crippen molar-refractivity contribution in [1.29, 1.82) is 0 Å². The van der Waals surface area contributed by atoms with E-state index in [1.54, 1.807) is 29.4 Å². The minimum absolute atomic E-state index is 0.0271. The molecule has 1 heterocycles. The molecule has 1 aliphatic carbocycles. The fourth-order valence-corrected chi connectivity index (χ4v) is 3.66. The molecule has 154 valence electrons. The fraction of sp³-hybridized carbons (Fsp3) is 0.280. The lowest BCUT2D eigenvalue weighted by molar-refractivity contribution is -0.117. The number of carbonyl (C=O) groups is 2. The van der Waals surface area contributed by atoms with Gasteiger partial charge in [-0.05, 0) is 55.2 Å². The molecule has 0 saturated heterocycles. The number of rotatable bonds is 7. The normalized spacial score (nSPS) is 17.4. The van der Waals surface area contributed by atoms with Crippen LogP contribution in [0.5, 0.6) is 0 Å². The smallest absolute Gasteiger partial charge is 0.254 e. The van der Waals surface area contributed by atoms with Crippen molar-refractivity contribution >= 4 is 17.5 Å². The largest absolute Gasteiger partial charge is 0.467 e. The minimum Gasteiger partial charge on any atom is -0.467 e. The van der Waals surface area contributed by atoms with Crippen molar-refractivity contribution in [1.82, 2.24) is 4.90 Å². The number of nitrogens with one attached hydrogen (secondary N) is 1. The molecule has 2 amide bonds. The van der Waals surface area contributed by atoms with Crippen molar-refractivity contribution in [3.63, 3.8) is 0 Å². The third-order valence-electron chi connectivity index (χ3n) is 5.49. The first-order chi connectivity index (χ1) is 14.5. The van der Waals surface area contributed by atoms with Gasteiger partial charge in [0.2, 0.25) is 5.91 Å². The number of amides is 2. The van der Waals surface area contributed by atoms with Gasteiger partial charge in [-0.15, -0.1) is 0 Å². The van der Waals surface area contributed by atoms with Crippen LogP contribution >= 0.6 is 0 Å². The molecule has 0 spiro atoms. The molecule has 1 aliphatic rings. The van der Waals surface area contributed by atoms with E-state index in [-0.39, 0.29) is 17.7 Å². The molecule has 0 bridgehead atoms. The predicted octanol–water partition coefficient (Wildman–Crippen LogP) is 5.03. The Morgan fingerprint density at radius 1 is 1.07 bits per heavy atom. The maximum Gasteiger partial charge on any atom is 0.254 e. The lowest BCUT2D eigenvalue weighted by atomic mass is 10.1. The molecule has 0 aliphatic heterocycles. The first-order valence-electron chi connectivity index (χ1n) is 10.3. The first kappa shape index (κ1) is 20.0. The third-order valence-corrected chi connectivity index (χ3v) is 5.49. The lowest BCUT2D eigenvalue weighted by Gasteiger charge is -2.22. The summed E-state index contributed by atoms with van der Waals surface area (Å²) in [5.74, 6) is 1.17. The first-order valence-corrected chi connectivity index (χ1v) is 10.3. The Labute approximate surface area is 176 Å². The van der Waals surface area contributed by atoms with Crippen LogP contribution in [0, 0.1) is 18.8 Å². The van der Waals surface area contributed by atoms with Gasteiger partial charge in [0.05, 0.1) is 12.8 Å². The Hall–Kier alpha value is -3.34. The molecule has 2 aromatic carbocycles. The molecule has 3 aromatic rings. The highest BCUT2D eigenvalue weighted by Gasteiger charge is 2.39. The molecule has 5 heteroatoms. The second-order valence-corrected chi connectivity index (χ2v) is 8.12. The van der Waals surface area contributed by atoms with Crippen LogP contribution in [-0.4, -0.2) is 16.7 Å². The van der Waals surface area contributed by atoms with Crippen molar-refractivity contribution < 1.29 is 14.0 Å². The molecule has 2 atom stereocenters. The zero-order chi connectivity index (χ0) is 21.1. The van der Waals surface area contributed by atoms with Crippen molar-refractivity contribution in [3.05, 3.63) is 89.4 Å². The lowest BCUT2D eigenvalue weighted by Crippen LogP contribution is -2.30. The monoisotopic (exact) mass is 402 g/mol. The molecule has 5 nitrogen and oxygen atoms in total. The van der Waals surface area contributed by atoms with Gasteiger partial charge in [0.1, 0.15) is 5.76 Å². The summed E-state index contributed by atoms with van der Waals surface area (Å²) in [6, 6.07) is 19.0. The van der Waals surface area contributed by atoms with Crippen LogP contribution < -0.4 is 5.32 Å². The SMILES string of the molecule is Cc1cccc(CN(Cc2ccco2)C(=O)c2cccc(NC(=O)[C@H]3C[C@@H]3C)c2)c1. The number of furan rings is 1. The van der Waals surface area contributed by atoms with Crippen LogP contribution in [0.3, 0.4) is 0 Å². The highest BCUT2D eigenvalue weighted by Crippen LogP contribution is 2.38. The highest BCUT2D eigenvalue weighted by atomic mass is 16.3. The van der Waals surface area contributed by atoms with Gasteiger partial charge in [0.15, 0.2) is 0 Å². The Balaban J connectivity index is 1.54. The molecular formula is C25H26N2O3. The zero-order valence-corrected chi connectivity index (χ0v) is 17.3. The summed E-state index contributed by atoms with van der Waals surface area (Å²) in [6.45, 7) is 4.95. The van der Waals surface area contributed by atoms with Gasteiger partial charge in [-0.1, -0.05) is 42.8 Å². The van der Waals surface area contributed by atoms with Crippen molar-refractivity contribution in [2.24, 2.45) is 11.8 Å². The molecule has 4 rings (SSSR count).